The second kappa shape index (κ2) is 15.1. The average molecular weight is 667 g/mol. The third kappa shape index (κ3) is 7.97. The minimum absolute atomic E-state index is 0.0245. The number of carbonyl (C=O) groups excluding carboxylic acids is 2. The summed E-state index contributed by atoms with van der Waals surface area (Å²) in [6.45, 7) is 8.45. The summed E-state index contributed by atoms with van der Waals surface area (Å²) in [5, 5.41) is 3.14. The fourth-order valence-corrected chi connectivity index (χ4v) is 7.45. The van der Waals surface area contributed by atoms with Gasteiger partial charge in [-0.2, -0.15) is 0 Å². The molecule has 2 aliphatic rings. The molecule has 2 atom stereocenters. The summed E-state index contributed by atoms with van der Waals surface area (Å²) in [7, 11) is 0. The first-order chi connectivity index (χ1) is 23.6. The Kier molecular flexibility index (Phi) is 10.7. The Balaban J connectivity index is 1.43. The topological polar surface area (TPSA) is 78.8 Å². The Morgan fingerprint density at radius 3 is 2.14 bits per heavy atom. The highest BCUT2D eigenvalue weighted by atomic mass is 19.1. The van der Waals surface area contributed by atoms with Crippen LogP contribution in [0.1, 0.15) is 94.6 Å². The van der Waals surface area contributed by atoms with Gasteiger partial charge in [-0.05, 0) is 86.6 Å². The molecule has 2 heterocycles. The van der Waals surface area contributed by atoms with E-state index in [9.17, 15) is 14.0 Å². The van der Waals surface area contributed by atoms with Crippen LogP contribution in [0.4, 0.5) is 10.1 Å². The molecular formula is C41H47FN2O5. The molecule has 1 aromatic heterocycles. The maximum atomic E-state index is 14.4. The highest BCUT2D eigenvalue weighted by Crippen LogP contribution is 2.45. The van der Waals surface area contributed by atoms with Gasteiger partial charge in [0.25, 0.3) is 5.91 Å². The molecule has 49 heavy (non-hydrogen) atoms. The summed E-state index contributed by atoms with van der Waals surface area (Å²) >= 11 is 0. The Bertz CT molecular complexity index is 1730. The van der Waals surface area contributed by atoms with Crippen LogP contribution in [0.3, 0.4) is 0 Å². The number of amides is 1. The highest BCUT2D eigenvalue weighted by molar-refractivity contribution is 6.12. The summed E-state index contributed by atoms with van der Waals surface area (Å²) in [5.41, 5.74) is 5.57. The smallest absolute Gasteiger partial charge is 0.308 e. The third-order valence-electron chi connectivity index (χ3n) is 9.38. The van der Waals surface area contributed by atoms with E-state index in [1.807, 2.05) is 74.5 Å². The highest BCUT2D eigenvalue weighted by Gasteiger charge is 2.45. The van der Waals surface area contributed by atoms with Crippen molar-refractivity contribution in [2.75, 3.05) is 5.32 Å². The van der Waals surface area contributed by atoms with Gasteiger partial charge in [-0.1, -0.05) is 62.4 Å². The maximum Gasteiger partial charge on any atom is 0.308 e. The van der Waals surface area contributed by atoms with Gasteiger partial charge in [0.05, 0.1) is 36.0 Å². The number of carbonyl (C=O) groups is 2. The summed E-state index contributed by atoms with van der Waals surface area (Å²) in [6.07, 6.45) is 4.33. The normalized spacial score (nSPS) is 18.7. The molecule has 1 aliphatic heterocycles. The van der Waals surface area contributed by atoms with Gasteiger partial charge in [0.15, 0.2) is 5.79 Å². The first-order valence-corrected chi connectivity index (χ1v) is 17.6. The van der Waals surface area contributed by atoms with Crippen molar-refractivity contribution >= 4 is 17.6 Å². The Morgan fingerprint density at radius 2 is 1.51 bits per heavy atom. The van der Waals surface area contributed by atoms with Gasteiger partial charge < -0.3 is 24.1 Å². The van der Waals surface area contributed by atoms with E-state index < -0.39 is 5.79 Å². The molecule has 6 rings (SSSR count). The van der Waals surface area contributed by atoms with E-state index in [2.05, 4.69) is 23.7 Å². The average Bonchev–Trinajstić information content (AvgIpc) is 3.66. The van der Waals surface area contributed by atoms with Crippen LogP contribution >= 0.6 is 0 Å². The van der Waals surface area contributed by atoms with E-state index in [0.29, 0.717) is 30.6 Å². The van der Waals surface area contributed by atoms with E-state index >= 15 is 0 Å². The Labute approximate surface area is 288 Å². The minimum atomic E-state index is -0.695. The predicted molar refractivity (Wildman–Crippen MR) is 190 cm³/mol. The van der Waals surface area contributed by atoms with Crippen LogP contribution in [0.25, 0.3) is 22.4 Å². The van der Waals surface area contributed by atoms with Gasteiger partial charge in [-0.3, -0.25) is 9.59 Å². The second-order valence-corrected chi connectivity index (χ2v) is 13.8. The van der Waals surface area contributed by atoms with E-state index in [-0.39, 0.29) is 48.3 Å². The zero-order valence-electron chi connectivity index (χ0n) is 28.9. The molecule has 0 unspecified atom stereocenters. The van der Waals surface area contributed by atoms with E-state index in [1.165, 1.54) is 12.1 Å². The number of esters is 1. The quantitative estimate of drug-likeness (QED) is 0.161. The predicted octanol–water partition coefficient (Wildman–Crippen LogP) is 9.51. The largest absolute Gasteiger partial charge is 0.463 e. The number of nitrogens with one attached hydrogen (secondary N) is 1. The SMILES string of the molecule is CC(C)OC(=O)C[C@H]1C[C@@H](CCn2c(-c3ccc(F)cc3)c(-c3ccccc3)c(C(=O)Nc3ccccc3)c2C(C)C)OC2(CCCC2)O1. The fourth-order valence-electron chi connectivity index (χ4n) is 7.45. The number of anilines is 1. The number of halogens is 1. The van der Waals surface area contributed by atoms with E-state index in [0.717, 1.165) is 53.8 Å². The summed E-state index contributed by atoms with van der Waals surface area (Å²) in [4.78, 5) is 27.1. The first kappa shape index (κ1) is 34.6. The van der Waals surface area contributed by atoms with Crippen molar-refractivity contribution < 1.29 is 28.2 Å². The van der Waals surface area contributed by atoms with Crippen LogP contribution in [-0.4, -0.2) is 40.5 Å². The molecule has 1 amide bonds. The molecule has 1 N–H and O–H groups in total. The number of nitrogens with zero attached hydrogens (tertiary/aromatic N) is 1. The number of rotatable bonds is 11. The second-order valence-electron chi connectivity index (χ2n) is 13.8. The molecule has 7 nitrogen and oxygen atoms in total. The lowest BCUT2D eigenvalue weighted by atomic mass is 9.94. The molecule has 1 spiro atoms. The van der Waals surface area contributed by atoms with E-state index in [1.54, 1.807) is 12.1 Å². The number of hydrogen-bond donors (Lipinski definition) is 1. The van der Waals surface area contributed by atoms with Crippen molar-refractivity contribution in [2.45, 2.75) is 109 Å². The molecule has 1 aliphatic carbocycles. The molecular weight excluding hydrogens is 619 g/mol. The van der Waals surface area contributed by atoms with Crippen LogP contribution in [0.15, 0.2) is 84.9 Å². The lowest BCUT2D eigenvalue weighted by molar-refractivity contribution is -0.315. The maximum absolute atomic E-state index is 14.4. The number of hydrogen-bond acceptors (Lipinski definition) is 5. The number of para-hydroxylation sites is 1. The van der Waals surface area contributed by atoms with E-state index in [4.69, 9.17) is 14.2 Å². The molecule has 3 aromatic carbocycles. The molecule has 4 aromatic rings. The molecule has 258 valence electrons. The number of ether oxygens (including phenoxy) is 3. The molecule has 0 radical (unpaired) electrons. The Morgan fingerprint density at radius 1 is 0.878 bits per heavy atom. The Hall–Kier alpha value is -4.27. The van der Waals surface area contributed by atoms with Crippen LogP contribution in [0, 0.1) is 5.82 Å². The van der Waals surface area contributed by atoms with Gasteiger partial charge in [0, 0.05) is 42.8 Å². The van der Waals surface area contributed by atoms with Crippen molar-refractivity contribution in [3.05, 3.63) is 102 Å². The molecule has 2 fully saturated rings. The van der Waals surface area contributed by atoms with Gasteiger partial charge >= 0.3 is 5.97 Å². The van der Waals surface area contributed by atoms with Crippen LogP contribution in [0.2, 0.25) is 0 Å². The van der Waals surface area contributed by atoms with Crippen molar-refractivity contribution in [3.8, 4) is 22.4 Å². The standard InChI is InChI=1S/C41H47FN2O5/c1-27(2)38-37(40(46)43-32-15-9-6-10-16-32)36(29-13-7-5-8-14-29)39(30-17-19-31(42)20-18-30)44(38)24-21-33-25-34(26-35(45)47-28(3)4)49-41(48-33)22-11-12-23-41/h5-10,13-20,27-28,33-34H,11-12,21-26H2,1-4H3,(H,43,46)/t33-,34-/m1/s1. The van der Waals surface area contributed by atoms with Crippen LogP contribution < -0.4 is 5.32 Å². The lowest BCUT2D eigenvalue weighted by Gasteiger charge is -2.43. The summed E-state index contributed by atoms with van der Waals surface area (Å²) < 4.78 is 35.3. The van der Waals surface area contributed by atoms with Gasteiger partial charge in [0.2, 0.25) is 0 Å². The molecule has 8 heteroatoms. The van der Waals surface area contributed by atoms with Crippen LogP contribution in [-0.2, 0) is 25.5 Å². The van der Waals surface area contributed by atoms with Crippen LogP contribution in [0.5, 0.6) is 0 Å². The lowest BCUT2D eigenvalue weighted by Crippen LogP contribution is -2.47. The molecule has 1 saturated carbocycles. The third-order valence-corrected chi connectivity index (χ3v) is 9.38. The number of benzene rings is 3. The van der Waals surface area contributed by atoms with Crippen molar-refractivity contribution in [1.82, 2.24) is 4.57 Å². The summed E-state index contributed by atoms with van der Waals surface area (Å²) in [5.74, 6) is -1.51. The van der Waals surface area contributed by atoms with Crippen molar-refractivity contribution in [1.29, 1.82) is 0 Å². The first-order valence-electron chi connectivity index (χ1n) is 17.6. The zero-order valence-corrected chi connectivity index (χ0v) is 28.9. The zero-order chi connectivity index (χ0) is 34.5. The number of aromatic nitrogens is 1. The van der Waals surface area contributed by atoms with Crippen molar-refractivity contribution in [3.63, 3.8) is 0 Å². The summed E-state index contributed by atoms with van der Waals surface area (Å²) in [6, 6.07) is 25.9. The molecule has 0 bridgehead atoms. The van der Waals surface area contributed by atoms with Crippen molar-refractivity contribution in [2.24, 2.45) is 0 Å². The fraction of sp³-hybridized carbons (Fsp3) is 0.415. The minimum Gasteiger partial charge on any atom is -0.463 e. The van der Waals surface area contributed by atoms with Gasteiger partial charge in [-0.15, -0.1) is 0 Å². The monoisotopic (exact) mass is 666 g/mol. The van der Waals surface area contributed by atoms with Gasteiger partial charge in [-0.25, -0.2) is 4.39 Å². The van der Waals surface area contributed by atoms with Gasteiger partial charge in [0.1, 0.15) is 5.82 Å². The molecule has 1 saturated heterocycles.